The van der Waals surface area contributed by atoms with Gasteiger partial charge in [0.2, 0.25) is 0 Å². The summed E-state index contributed by atoms with van der Waals surface area (Å²) in [5.74, 6) is 0.377. The molecular weight excluding hydrogens is 198 g/mol. The third-order valence-electron chi connectivity index (χ3n) is 2.02. The average molecular weight is 219 g/mol. The Hall–Kier alpha value is -1.51. The second kappa shape index (κ2) is 7.74. The number of nitrogens with zero attached hydrogens (tertiary/aromatic N) is 2. The molecule has 0 aromatic carbocycles. The monoisotopic (exact) mass is 219 g/mol. The van der Waals surface area contributed by atoms with Crippen molar-refractivity contribution in [3.05, 3.63) is 29.4 Å². The summed E-state index contributed by atoms with van der Waals surface area (Å²) in [5, 5.41) is 6.95. The number of nitrogens with one attached hydrogen (secondary N) is 1. The van der Waals surface area contributed by atoms with Gasteiger partial charge in [0.15, 0.2) is 0 Å². The summed E-state index contributed by atoms with van der Waals surface area (Å²) in [6, 6.07) is 0. The molecule has 0 saturated carbocycles. The minimum absolute atomic E-state index is 0.377. The second-order valence-corrected chi connectivity index (χ2v) is 3.44. The van der Waals surface area contributed by atoms with Gasteiger partial charge in [0.1, 0.15) is 6.33 Å². The van der Waals surface area contributed by atoms with Crippen LogP contribution in [0.15, 0.2) is 12.4 Å². The van der Waals surface area contributed by atoms with E-state index in [2.05, 4.69) is 23.8 Å². The molecule has 0 aliphatic heterocycles. The Bertz CT molecular complexity index is 354. The van der Waals surface area contributed by atoms with E-state index in [1.807, 2.05) is 26.8 Å². The van der Waals surface area contributed by atoms with Crippen molar-refractivity contribution < 1.29 is 0 Å². The molecule has 3 nitrogen and oxygen atoms in total. The maximum atomic E-state index is 6.95. The number of aryl methyl sites for hydroxylation is 1. The molecule has 0 fully saturated rings. The van der Waals surface area contributed by atoms with Gasteiger partial charge in [0.05, 0.1) is 5.69 Å². The molecule has 3 heteroatoms. The van der Waals surface area contributed by atoms with Gasteiger partial charge in [0, 0.05) is 17.5 Å². The topological polar surface area (TPSA) is 49.6 Å². The van der Waals surface area contributed by atoms with Crippen LogP contribution in [0.1, 0.15) is 50.6 Å². The lowest BCUT2D eigenvalue weighted by Crippen LogP contribution is -2.00. The minimum Gasteiger partial charge on any atom is -0.309 e. The van der Waals surface area contributed by atoms with Crippen LogP contribution in [0.25, 0.3) is 6.08 Å². The van der Waals surface area contributed by atoms with E-state index in [9.17, 15) is 0 Å². The van der Waals surface area contributed by atoms with E-state index in [0.29, 0.717) is 5.92 Å². The first-order valence-corrected chi connectivity index (χ1v) is 5.65. The van der Waals surface area contributed by atoms with E-state index in [0.717, 1.165) is 17.0 Å². The number of aromatic nitrogens is 2. The summed E-state index contributed by atoms with van der Waals surface area (Å²) >= 11 is 0. The number of hydrogen-bond donors (Lipinski definition) is 1. The zero-order chi connectivity index (χ0) is 12.6. The molecule has 16 heavy (non-hydrogen) atoms. The summed E-state index contributed by atoms with van der Waals surface area (Å²) in [5.41, 5.74) is 3.03. The van der Waals surface area contributed by atoms with Gasteiger partial charge in [0.25, 0.3) is 0 Å². The zero-order valence-corrected chi connectivity index (χ0v) is 10.8. The lowest BCUT2D eigenvalue weighted by Gasteiger charge is -2.09. The lowest BCUT2D eigenvalue weighted by atomic mass is 10.0. The van der Waals surface area contributed by atoms with Crippen LogP contribution >= 0.6 is 0 Å². The highest BCUT2D eigenvalue weighted by Gasteiger charge is 2.08. The second-order valence-electron chi connectivity index (χ2n) is 3.44. The zero-order valence-electron chi connectivity index (χ0n) is 10.8. The molecule has 0 bridgehead atoms. The van der Waals surface area contributed by atoms with E-state index in [1.54, 1.807) is 12.4 Å². The van der Waals surface area contributed by atoms with Crippen molar-refractivity contribution >= 4 is 12.3 Å². The lowest BCUT2D eigenvalue weighted by molar-refractivity contribution is 0.805. The van der Waals surface area contributed by atoms with Gasteiger partial charge in [-0.2, -0.15) is 0 Å². The van der Waals surface area contributed by atoms with Crippen LogP contribution in [-0.4, -0.2) is 16.2 Å². The van der Waals surface area contributed by atoms with Crippen molar-refractivity contribution in [2.75, 3.05) is 0 Å². The fourth-order valence-electron chi connectivity index (χ4n) is 1.31. The largest absolute Gasteiger partial charge is 0.309 e. The molecule has 0 amide bonds. The molecule has 0 saturated heterocycles. The van der Waals surface area contributed by atoms with E-state index < -0.39 is 0 Å². The van der Waals surface area contributed by atoms with Crippen LogP contribution in [0.4, 0.5) is 0 Å². The molecule has 0 radical (unpaired) electrons. The highest BCUT2D eigenvalue weighted by atomic mass is 14.8. The molecule has 0 atom stereocenters. The van der Waals surface area contributed by atoms with E-state index in [4.69, 9.17) is 5.41 Å². The van der Waals surface area contributed by atoms with Gasteiger partial charge < -0.3 is 5.41 Å². The molecule has 1 aromatic heterocycles. The summed E-state index contributed by atoms with van der Waals surface area (Å²) < 4.78 is 0. The van der Waals surface area contributed by atoms with Gasteiger partial charge >= 0.3 is 0 Å². The Morgan fingerprint density at radius 3 is 2.38 bits per heavy atom. The molecule has 1 aromatic rings. The van der Waals surface area contributed by atoms with E-state index in [-0.39, 0.29) is 0 Å². The summed E-state index contributed by atoms with van der Waals surface area (Å²) in [4.78, 5) is 8.39. The minimum atomic E-state index is 0.377. The van der Waals surface area contributed by atoms with Crippen molar-refractivity contribution in [1.29, 1.82) is 5.41 Å². The SMILES string of the molecule is CC.Cc1ncnc(C(C)C)c1/C=C\C=N. The Kier molecular flexibility index (Phi) is 7.01. The van der Waals surface area contributed by atoms with Crippen molar-refractivity contribution in [3.63, 3.8) is 0 Å². The first-order chi connectivity index (χ1) is 7.66. The molecular formula is C13H21N3. The first-order valence-electron chi connectivity index (χ1n) is 5.65. The standard InChI is InChI=1S/C11H15N3.C2H6/c1-8(2)11-10(5-4-6-12)9(3)13-7-14-11;1-2/h4-8,12H,1-3H3;1-2H3/b5-4-,12-6?;. The quantitative estimate of drug-likeness (QED) is 0.790. The smallest absolute Gasteiger partial charge is 0.115 e. The Balaban J connectivity index is 0.00000106. The predicted octanol–water partition coefficient (Wildman–Crippen LogP) is 3.60. The number of rotatable bonds is 3. The van der Waals surface area contributed by atoms with Crippen LogP contribution in [0, 0.1) is 12.3 Å². The molecule has 0 aliphatic rings. The van der Waals surface area contributed by atoms with Crippen molar-refractivity contribution in [2.24, 2.45) is 0 Å². The van der Waals surface area contributed by atoms with Gasteiger partial charge in [-0.05, 0) is 25.0 Å². The maximum absolute atomic E-state index is 6.95. The molecule has 0 unspecified atom stereocenters. The highest BCUT2D eigenvalue weighted by molar-refractivity contribution is 5.76. The Morgan fingerprint density at radius 1 is 1.25 bits per heavy atom. The Labute approximate surface area is 98.2 Å². The number of allylic oxidation sites excluding steroid dienone is 1. The molecule has 0 spiro atoms. The van der Waals surface area contributed by atoms with Crippen LogP contribution in [0.5, 0.6) is 0 Å². The van der Waals surface area contributed by atoms with Crippen molar-refractivity contribution in [2.45, 2.75) is 40.5 Å². The van der Waals surface area contributed by atoms with E-state index in [1.165, 1.54) is 6.21 Å². The van der Waals surface area contributed by atoms with Crippen LogP contribution < -0.4 is 0 Å². The maximum Gasteiger partial charge on any atom is 0.115 e. The fourth-order valence-corrected chi connectivity index (χ4v) is 1.31. The summed E-state index contributed by atoms with van der Waals surface area (Å²) in [6.45, 7) is 10.2. The van der Waals surface area contributed by atoms with Gasteiger partial charge in [-0.3, -0.25) is 0 Å². The normalized spacial score (nSPS) is 10.1. The van der Waals surface area contributed by atoms with E-state index >= 15 is 0 Å². The fraction of sp³-hybridized carbons (Fsp3) is 0.462. The molecule has 88 valence electrons. The first kappa shape index (κ1) is 14.5. The van der Waals surface area contributed by atoms with Crippen LogP contribution in [-0.2, 0) is 0 Å². The van der Waals surface area contributed by atoms with Gasteiger partial charge in [-0.25, -0.2) is 9.97 Å². The summed E-state index contributed by atoms with van der Waals surface area (Å²) in [6.07, 6.45) is 6.43. The molecule has 1 heterocycles. The Morgan fingerprint density at radius 2 is 1.88 bits per heavy atom. The number of hydrogen-bond acceptors (Lipinski definition) is 3. The molecule has 0 aliphatic carbocycles. The van der Waals surface area contributed by atoms with Crippen LogP contribution in [0.3, 0.4) is 0 Å². The predicted molar refractivity (Wildman–Crippen MR) is 70.0 cm³/mol. The van der Waals surface area contributed by atoms with Crippen LogP contribution in [0.2, 0.25) is 0 Å². The molecule has 1 N–H and O–H groups in total. The average Bonchev–Trinajstić information content (AvgIpc) is 2.29. The summed E-state index contributed by atoms with van der Waals surface area (Å²) in [7, 11) is 0. The van der Waals surface area contributed by atoms with Gasteiger partial charge in [-0.1, -0.05) is 27.7 Å². The third-order valence-corrected chi connectivity index (χ3v) is 2.02. The third kappa shape index (κ3) is 3.93. The van der Waals surface area contributed by atoms with Gasteiger partial charge in [-0.15, -0.1) is 0 Å². The highest BCUT2D eigenvalue weighted by Crippen LogP contribution is 2.19. The van der Waals surface area contributed by atoms with Crippen molar-refractivity contribution in [3.8, 4) is 0 Å². The molecule has 1 rings (SSSR count). The van der Waals surface area contributed by atoms with Crippen molar-refractivity contribution in [1.82, 2.24) is 9.97 Å².